The lowest BCUT2D eigenvalue weighted by Gasteiger charge is -2.20. The largest absolute Gasteiger partial charge is 0.450 e. The van der Waals surface area contributed by atoms with Crippen molar-refractivity contribution in [3.63, 3.8) is 0 Å². The Kier molecular flexibility index (Phi) is 4.44. The molecule has 2 heterocycles. The van der Waals surface area contributed by atoms with Crippen molar-refractivity contribution >= 4 is 23.4 Å². The summed E-state index contributed by atoms with van der Waals surface area (Å²) < 4.78 is 5.03. The van der Waals surface area contributed by atoms with Crippen LogP contribution in [0.4, 0.5) is 4.79 Å². The van der Waals surface area contributed by atoms with Gasteiger partial charge in [-0.15, -0.1) is 0 Å². The van der Waals surface area contributed by atoms with Crippen molar-refractivity contribution in [3.05, 3.63) is 34.9 Å². The van der Waals surface area contributed by atoms with E-state index in [-0.39, 0.29) is 6.09 Å². The Morgan fingerprint density at radius 1 is 1.52 bits per heavy atom. The van der Waals surface area contributed by atoms with E-state index in [1.165, 1.54) is 0 Å². The normalized spacial score (nSPS) is 22.3. The van der Waals surface area contributed by atoms with Gasteiger partial charge in [-0.3, -0.25) is 0 Å². The topological polar surface area (TPSA) is 51.1 Å². The van der Waals surface area contributed by atoms with Crippen LogP contribution in [0.1, 0.15) is 25.3 Å². The number of amides is 1. The summed E-state index contributed by atoms with van der Waals surface area (Å²) in [5, 5.41) is 4.73. The Morgan fingerprint density at radius 3 is 3.17 bits per heavy atom. The van der Waals surface area contributed by atoms with Gasteiger partial charge in [-0.2, -0.15) is 0 Å². The molecule has 1 atom stereocenters. The molecule has 1 fully saturated rings. The number of rotatable bonds is 1. The first-order chi connectivity index (χ1) is 11.1. The zero-order valence-corrected chi connectivity index (χ0v) is 13.6. The van der Waals surface area contributed by atoms with Crippen LogP contribution >= 0.6 is 11.6 Å². The summed E-state index contributed by atoms with van der Waals surface area (Å²) in [4.78, 5) is 19.0. The van der Waals surface area contributed by atoms with Gasteiger partial charge in [0.1, 0.15) is 5.71 Å². The lowest BCUT2D eigenvalue weighted by molar-refractivity contribution is -0.0101. The lowest BCUT2D eigenvalue weighted by Crippen LogP contribution is -2.36. The van der Waals surface area contributed by atoms with Gasteiger partial charge in [0.15, 0.2) is 5.60 Å². The fourth-order valence-corrected chi connectivity index (χ4v) is 2.92. The highest BCUT2D eigenvalue weighted by atomic mass is 35.5. The molecule has 0 N–H and O–H groups in total. The molecule has 0 saturated carbocycles. The summed E-state index contributed by atoms with van der Waals surface area (Å²) in [6.45, 7) is 3.26. The van der Waals surface area contributed by atoms with Crippen LogP contribution in [0.15, 0.2) is 29.4 Å². The molecule has 1 spiro atoms. The number of hydrogen-bond acceptors (Lipinski definition) is 4. The summed E-state index contributed by atoms with van der Waals surface area (Å²) >= 11 is 5.94. The van der Waals surface area contributed by atoms with Crippen LogP contribution < -0.4 is 0 Å². The highest BCUT2D eigenvalue weighted by Crippen LogP contribution is 2.33. The highest BCUT2D eigenvalue weighted by molar-refractivity contribution is 6.30. The molecule has 1 aromatic rings. The Balaban J connectivity index is 1.62. The van der Waals surface area contributed by atoms with Gasteiger partial charge in [0, 0.05) is 30.0 Å². The van der Waals surface area contributed by atoms with Crippen molar-refractivity contribution in [2.24, 2.45) is 5.16 Å². The van der Waals surface area contributed by atoms with E-state index >= 15 is 0 Å². The van der Waals surface area contributed by atoms with E-state index in [4.69, 9.17) is 21.2 Å². The fraction of sp³-hybridized carbons (Fsp3) is 0.412. The average Bonchev–Trinajstić information content (AvgIpc) is 3.13. The number of ether oxygens (including phenoxy) is 1. The molecule has 0 bridgehead atoms. The lowest BCUT2D eigenvalue weighted by atomic mass is 9.97. The van der Waals surface area contributed by atoms with E-state index in [1.807, 2.05) is 12.1 Å². The van der Waals surface area contributed by atoms with Gasteiger partial charge >= 0.3 is 6.09 Å². The predicted octanol–water partition coefficient (Wildman–Crippen LogP) is 3.07. The number of carbonyl (C=O) groups is 1. The molecule has 0 aliphatic carbocycles. The number of nitrogens with zero attached hydrogens (tertiary/aromatic N) is 2. The third-order valence-corrected chi connectivity index (χ3v) is 4.09. The van der Waals surface area contributed by atoms with Gasteiger partial charge in [0.2, 0.25) is 0 Å². The van der Waals surface area contributed by atoms with Crippen molar-refractivity contribution in [1.82, 2.24) is 4.90 Å². The molecule has 0 aromatic heterocycles. The van der Waals surface area contributed by atoms with Crippen LogP contribution in [0.3, 0.4) is 0 Å². The van der Waals surface area contributed by atoms with Crippen LogP contribution in [0, 0.1) is 11.8 Å². The highest BCUT2D eigenvalue weighted by Gasteiger charge is 2.46. The molecule has 3 rings (SSSR count). The van der Waals surface area contributed by atoms with E-state index in [9.17, 15) is 4.79 Å². The van der Waals surface area contributed by atoms with E-state index < -0.39 is 5.60 Å². The summed E-state index contributed by atoms with van der Waals surface area (Å²) in [6.07, 6.45) is 1.04. The van der Waals surface area contributed by atoms with Crippen molar-refractivity contribution in [2.45, 2.75) is 25.4 Å². The molecule has 120 valence electrons. The predicted molar refractivity (Wildman–Crippen MR) is 87.4 cm³/mol. The second-order valence-corrected chi connectivity index (χ2v) is 6.06. The minimum Gasteiger partial charge on any atom is -0.450 e. The number of benzene rings is 1. The number of hydrogen-bond donors (Lipinski definition) is 0. The smallest absolute Gasteiger partial charge is 0.409 e. The van der Waals surface area contributed by atoms with Gasteiger partial charge in [-0.1, -0.05) is 28.7 Å². The molecule has 5 nitrogen and oxygen atoms in total. The first-order valence-electron chi connectivity index (χ1n) is 7.54. The molecule has 0 radical (unpaired) electrons. The van der Waals surface area contributed by atoms with Crippen LogP contribution in [-0.4, -0.2) is 42.0 Å². The van der Waals surface area contributed by atoms with Gasteiger partial charge in [0.05, 0.1) is 13.2 Å². The Labute approximate surface area is 140 Å². The van der Waals surface area contributed by atoms with Crippen LogP contribution in [0.25, 0.3) is 0 Å². The molecule has 1 amide bonds. The monoisotopic (exact) mass is 332 g/mol. The minimum atomic E-state index is -0.453. The Morgan fingerprint density at radius 2 is 2.39 bits per heavy atom. The second-order valence-electron chi connectivity index (χ2n) is 5.62. The Bertz CT molecular complexity index is 707. The number of likely N-dealkylation sites (tertiary alicyclic amines) is 1. The van der Waals surface area contributed by atoms with Gasteiger partial charge in [-0.25, -0.2) is 4.79 Å². The summed E-state index contributed by atoms with van der Waals surface area (Å²) in [5.74, 6) is 6.06. The van der Waals surface area contributed by atoms with E-state index in [2.05, 4.69) is 17.0 Å². The minimum absolute atomic E-state index is 0.300. The van der Waals surface area contributed by atoms with Gasteiger partial charge < -0.3 is 14.5 Å². The second kappa shape index (κ2) is 6.51. The third-order valence-electron chi connectivity index (χ3n) is 3.86. The number of carbonyl (C=O) groups excluding carboxylic acids is 1. The Hall–Kier alpha value is -2.19. The van der Waals surface area contributed by atoms with Crippen molar-refractivity contribution < 1.29 is 14.4 Å². The van der Waals surface area contributed by atoms with Crippen molar-refractivity contribution in [2.75, 3.05) is 19.7 Å². The first kappa shape index (κ1) is 15.7. The van der Waals surface area contributed by atoms with Crippen LogP contribution in [0.5, 0.6) is 0 Å². The quantitative estimate of drug-likeness (QED) is 0.743. The standard InChI is InChI=1S/C17H17ClN2O3/c1-2-22-16(21)20-9-8-17(12-20)11-15(19-23-17)7-6-13-4-3-5-14(18)10-13/h3-5,10H,2,8-9,11-12H2,1H3. The zero-order valence-electron chi connectivity index (χ0n) is 12.8. The average molecular weight is 333 g/mol. The third kappa shape index (κ3) is 3.59. The molecule has 1 aromatic carbocycles. The maximum Gasteiger partial charge on any atom is 0.409 e. The summed E-state index contributed by atoms with van der Waals surface area (Å²) in [5.41, 5.74) is 1.07. The summed E-state index contributed by atoms with van der Waals surface area (Å²) in [7, 11) is 0. The van der Waals surface area contributed by atoms with Crippen molar-refractivity contribution in [3.8, 4) is 11.8 Å². The molecule has 1 unspecified atom stereocenters. The molecular formula is C17H17ClN2O3. The first-order valence-corrected chi connectivity index (χ1v) is 7.92. The molecule has 2 aliphatic heterocycles. The molecule has 6 heteroatoms. The van der Waals surface area contributed by atoms with Gasteiger partial charge in [0.25, 0.3) is 0 Å². The van der Waals surface area contributed by atoms with E-state index in [0.29, 0.717) is 36.9 Å². The maximum atomic E-state index is 11.8. The number of oxime groups is 1. The molecule has 23 heavy (non-hydrogen) atoms. The fourth-order valence-electron chi connectivity index (χ4n) is 2.73. The number of halogens is 1. The molecular weight excluding hydrogens is 316 g/mol. The van der Waals surface area contributed by atoms with E-state index in [1.54, 1.807) is 24.0 Å². The van der Waals surface area contributed by atoms with Crippen LogP contribution in [-0.2, 0) is 9.57 Å². The maximum absolute atomic E-state index is 11.8. The van der Waals surface area contributed by atoms with Crippen LogP contribution in [0.2, 0.25) is 5.02 Å². The SMILES string of the molecule is CCOC(=O)N1CCC2(CC(C#Cc3cccc(Cl)c3)=NO2)C1. The van der Waals surface area contributed by atoms with Gasteiger partial charge in [-0.05, 0) is 31.0 Å². The molecule has 1 saturated heterocycles. The van der Waals surface area contributed by atoms with Crippen molar-refractivity contribution in [1.29, 1.82) is 0 Å². The molecule has 2 aliphatic rings. The summed E-state index contributed by atoms with van der Waals surface area (Å²) in [6, 6.07) is 7.36. The van der Waals surface area contributed by atoms with E-state index in [0.717, 1.165) is 12.0 Å². The zero-order chi connectivity index (χ0) is 16.3.